The third kappa shape index (κ3) is 3.20. The van der Waals surface area contributed by atoms with Gasteiger partial charge in [-0.15, -0.1) is 0 Å². The van der Waals surface area contributed by atoms with E-state index < -0.39 is 0 Å². The third-order valence-corrected chi connectivity index (χ3v) is 2.91. The molecule has 0 bridgehead atoms. The number of nitrogens with zero attached hydrogens (tertiary/aromatic N) is 3. The molecule has 0 aliphatic rings. The van der Waals surface area contributed by atoms with Crippen LogP contribution < -0.4 is 14.8 Å². The van der Waals surface area contributed by atoms with E-state index in [2.05, 4.69) is 21.4 Å². The molecule has 0 aliphatic heterocycles. The van der Waals surface area contributed by atoms with Crippen LogP contribution in [0, 0.1) is 25.2 Å². The van der Waals surface area contributed by atoms with Gasteiger partial charge in [0.1, 0.15) is 23.1 Å². The van der Waals surface area contributed by atoms with Crippen LogP contribution in [0.5, 0.6) is 17.4 Å². The van der Waals surface area contributed by atoms with Crippen molar-refractivity contribution < 1.29 is 9.47 Å². The molecule has 21 heavy (non-hydrogen) atoms. The molecule has 0 fully saturated rings. The van der Waals surface area contributed by atoms with Crippen molar-refractivity contribution in [2.24, 2.45) is 0 Å². The second-order valence-electron chi connectivity index (χ2n) is 4.41. The third-order valence-electron chi connectivity index (χ3n) is 2.91. The minimum absolute atomic E-state index is 0.448. The van der Waals surface area contributed by atoms with E-state index >= 15 is 0 Å². The zero-order valence-electron chi connectivity index (χ0n) is 12.4. The molecule has 0 aliphatic carbocycles. The van der Waals surface area contributed by atoms with Gasteiger partial charge in [-0.05, 0) is 26.0 Å². The van der Waals surface area contributed by atoms with E-state index in [-0.39, 0.29) is 0 Å². The molecule has 6 heteroatoms. The molecule has 0 unspecified atom stereocenters. The number of nitrogens with one attached hydrogen (secondary N) is 1. The van der Waals surface area contributed by atoms with E-state index in [1.165, 1.54) is 0 Å². The average Bonchev–Trinajstić information content (AvgIpc) is 2.50. The second-order valence-corrected chi connectivity index (χ2v) is 4.41. The van der Waals surface area contributed by atoms with E-state index in [0.29, 0.717) is 34.6 Å². The molecule has 0 saturated carbocycles. The van der Waals surface area contributed by atoms with Gasteiger partial charge in [-0.1, -0.05) is 0 Å². The number of hydrogen-bond acceptors (Lipinski definition) is 6. The van der Waals surface area contributed by atoms with E-state index in [1.54, 1.807) is 39.3 Å². The topological polar surface area (TPSA) is 80.1 Å². The summed E-state index contributed by atoms with van der Waals surface area (Å²) in [4.78, 5) is 8.57. The maximum absolute atomic E-state index is 9.03. The summed E-state index contributed by atoms with van der Waals surface area (Å²) in [6, 6.07) is 7.06. The molecule has 0 saturated heterocycles. The van der Waals surface area contributed by atoms with Gasteiger partial charge in [0.2, 0.25) is 5.88 Å². The fourth-order valence-electron chi connectivity index (χ4n) is 1.87. The lowest BCUT2D eigenvalue weighted by atomic mass is 10.2. The van der Waals surface area contributed by atoms with Gasteiger partial charge in [0, 0.05) is 13.1 Å². The van der Waals surface area contributed by atoms with Crippen LogP contribution >= 0.6 is 0 Å². The normalized spacial score (nSPS) is 9.86. The monoisotopic (exact) mass is 284 g/mol. The molecular formula is C15H16N4O2. The van der Waals surface area contributed by atoms with Crippen LogP contribution in [0.2, 0.25) is 0 Å². The van der Waals surface area contributed by atoms with Gasteiger partial charge in [-0.2, -0.15) is 10.2 Å². The Hall–Kier alpha value is -2.81. The van der Waals surface area contributed by atoms with Crippen LogP contribution in [-0.4, -0.2) is 24.1 Å². The zero-order chi connectivity index (χ0) is 15.4. The summed E-state index contributed by atoms with van der Waals surface area (Å²) in [6.45, 7) is 3.66. The Morgan fingerprint density at radius 3 is 2.48 bits per heavy atom. The number of anilines is 1. The Morgan fingerprint density at radius 2 is 1.86 bits per heavy atom. The SMILES string of the molecule is CNc1nc(C)nc(Oc2cc(C#N)cc(OC)c2)c1C. The molecule has 1 N–H and O–H groups in total. The molecule has 2 rings (SSSR count). The number of aromatic nitrogens is 2. The van der Waals surface area contributed by atoms with Crippen molar-refractivity contribution in [3.05, 3.63) is 35.2 Å². The highest BCUT2D eigenvalue weighted by atomic mass is 16.5. The predicted molar refractivity (Wildman–Crippen MR) is 78.8 cm³/mol. The van der Waals surface area contributed by atoms with Gasteiger partial charge in [0.05, 0.1) is 24.3 Å². The average molecular weight is 284 g/mol. The minimum atomic E-state index is 0.448. The van der Waals surface area contributed by atoms with E-state index in [9.17, 15) is 0 Å². The number of aryl methyl sites for hydroxylation is 1. The van der Waals surface area contributed by atoms with Crippen molar-refractivity contribution in [2.45, 2.75) is 13.8 Å². The van der Waals surface area contributed by atoms with Gasteiger partial charge < -0.3 is 14.8 Å². The Balaban J connectivity index is 2.43. The Bertz CT molecular complexity index is 708. The number of methoxy groups -OCH3 is 1. The van der Waals surface area contributed by atoms with E-state index in [0.717, 1.165) is 5.56 Å². The lowest BCUT2D eigenvalue weighted by Gasteiger charge is -2.12. The lowest BCUT2D eigenvalue weighted by molar-refractivity contribution is 0.406. The highest BCUT2D eigenvalue weighted by Gasteiger charge is 2.11. The van der Waals surface area contributed by atoms with Gasteiger partial charge in [0.25, 0.3) is 0 Å². The summed E-state index contributed by atoms with van der Waals surface area (Å²) in [5.74, 6) is 2.81. The van der Waals surface area contributed by atoms with Crippen molar-refractivity contribution in [1.29, 1.82) is 5.26 Å². The molecule has 1 aromatic heterocycles. The van der Waals surface area contributed by atoms with E-state index in [4.69, 9.17) is 14.7 Å². The molecule has 0 radical (unpaired) electrons. The number of nitriles is 1. The first-order chi connectivity index (χ1) is 10.1. The smallest absolute Gasteiger partial charge is 0.227 e. The second kappa shape index (κ2) is 6.09. The summed E-state index contributed by atoms with van der Waals surface area (Å²) in [6.07, 6.45) is 0. The number of rotatable bonds is 4. The highest BCUT2D eigenvalue weighted by Crippen LogP contribution is 2.30. The van der Waals surface area contributed by atoms with Crippen molar-refractivity contribution in [2.75, 3.05) is 19.5 Å². The first-order valence-corrected chi connectivity index (χ1v) is 6.37. The van der Waals surface area contributed by atoms with Crippen LogP contribution in [0.15, 0.2) is 18.2 Å². The maximum atomic E-state index is 9.03. The van der Waals surface area contributed by atoms with Gasteiger partial charge in [-0.25, -0.2) is 4.98 Å². The Labute approximate surface area is 123 Å². The fourth-order valence-corrected chi connectivity index (χ4v) is 1.87. The molecule has 1 aromatic carbocycles. The molecule has 1 heterocycles. The molecule has 0 atom stereocenters. The molecule has 6 nitrogen and oxygen atoms in total. The maximum Gasteiger partial charge on any atom is 0.227 e. The molecule has 0 amide bonds. The quantitative estimate of drug-likeness (QED) is 0.929. The highest BCUT2D eigenvalue weighted by molar-refractivity contribution is 5.50. The Morgan fingerprint density at radius 1 is 1.14 bits per heavy atom. The van der Waals surface area contributed by atoms with Crippen LogP contribution in [0.25, 0.3) is 0 Å². The standard InChI is InChI=1S/C15H16N4O2/c1-9-14(17-3)18-10(2)19-15(9)21-13-6-11(8-16)5-12(7-13)20-4/h5-7H,1-4H3,(H,17,18,19). The van der Waals surface area contributed by atoms with Crippen molar-refractivity contribution in [3.63, 3.8) is 0 Å². The minimum Gasteiger partial charge on any atom is -0.497 e. The van der Waals surface area contributed by atoms with Crippen LogP contribution in [0.3, 0.4) is 0 Å². The van der Waals surface area contributed by atoms with Crippen molar-refractivity contribution >= 4 is 5.82 Å². The van der Waals surface area contributed by atoms with Gasteiger partial charge >= 0.3 is 0 Å². The summed E-state index contributed by atoms with van der Waals surface area (Å²) < 4.78 is 11.0. The molecular weight excluding hydrogens is 268 g/mol. The first kappa shape index (κ1) is 14.6. The zero-order valence-corrected chi connectivity index (χ0v) is 12.4. The molecule has 108 valence electrons. The number of benzene rings is 1. The van der Waals surface area contributed by atoms with Crippen molar-refractivity contribution in [3.8, 4) is 23.4 Å². The number of hydrogen-bond donors (Lipinski definition) is 1. The Kier molecular flexibility index (Phi) is 4.24. The lowest BCUT2D eigenvalue weighted by Crippen LogP contribution is -2.03. The molecule has 2 aromatic rings. The molecule has 0 spiro atoms. The van der Waals surface area contributed by atoms with Gasteiger partial charge in [-0.3, -0.25) is 0 Å². The largest absolute Gasteiger partial charge is 0.497 e. The summed E-state index contributed by atoms with van der Waals surface area (Å²) in [7, 11) is 3.33. The first-order valence-electron chi connectivity index (χ1n) is 6.37. The summed E-state index contributed by atoms with van der Waals surface area (Å²) in [5.41, 5.74) is 1.26. The fraction of sp³-hybridized carbons (Fsp3) is 0.267. The van der Waals surface area contributed by atoms with Crippen LogP contribution in [0.4, 0.5) is 5.82 Å². The number of ether oxygens (including phenoxy) is 2. The van der Waals surface area contributed by atoms with E-state index in [1.807, 2.05) is 6.92 Å². The predicted octanol–water partition coefficient (Wildman–Crippen LogP) is 2.81. The van der Waals surface area contributed by atoms with Crippen molar-refractivity contribution in [1.82, 2.24) is 9.97 Å². The summed E-state index contributed by atoms with van der Waals surface area (Å²) in [5, 5.41) is 12.0. The van der Waals surface area contributed by atoms with Crippen LogP contribution in [-0.2, 0) is 0 Å². The summed E-state index contributed by atoms with van der Waals surface area (Å²) >= 11 is 0. The van der Waals surface area contributed by atoms with Crippen LogP contribution in [0.1, 0.15) is 17.0 Å². The van der Waals surface area contributed by atoms with Gasteiger partial charge in [0.15, 0.2) is 0 Å².